The molecular weight excluding hydrogens is 312 g/mol. The fourth-order valence-corrected chi connectivity index (χ4v) is 3.34. The Labute approximate surface area is 139 Å². The molecular formula is C17H18N2O3S. The minimum absolute atomic E-state index is 0.0401. The van der Waals surface area contributed by atoms with E-state index < -0.39 is 0 Å². The highest BCUT2D eigenvalue weighted by molar-refractivity contribution is 8.00. The Bertz CT molecular complexity index is 739. The van der Waals surface area contributed by atoms with Gasteiger partial charge >= 0.3 is 0 Å². The summed E-state index contributed by atoms with van der Waals surface area (Å²) in [4.78, 5) is 26.9. The van der Waals surface area contributed by atoms with Crippen molar-refractivity contribution in [3.05, 3.63) is 47.9 Å². The number of anilines is 1. The number of nitrogens with zero attached hydrogens (tertiary/aromatic N) is 1. The summed E-state index contributed by atoms with van der Waals surface area (Å²) in [6, 6.07) is 11.2. The largest absolute Gasteiger partial charge is 0.454 e. The second-order valence-corrected chi connectivity index (χ2v) is 6.65. The number of carbonyl (C=O) groups excluding carboxylic acids is 2. The number of para-hydroxylation sites is 1. The average Bonchev–Trinajstić information content (AvgIpc) is 2.98. The van der Waals surface area contributed by atoms with Crippen molar-refractivity contribution in [2.75, 3.05) is 10.7 Å². The molecule has 2 aromatic rings. The zero-order chi connectivity index (χ0) is 16.4. The number of fused-ring (bicyclic) bond motifs is 1. The number of hydrogen-bond donors (Lipinski definition) is 1. The van der Waals surface area contributed by atoms with Crippen LogP contribution >= 0.6 is 11.8 Å². The molecule has 5 nitrogen and oxygen atoms in total. The number of nitrogens with one attached hydrogen (secondary N) is 1. The summed E-state index contributed by atoms with van der Waals surface area (Å²) in [6.45, 7) is 4.11. The van der Waals surface area contributed by atoms with E-state index in [4.69, 9.17) is 4.42 Å². The monoisotopic (exact) mass is 330 g/mol. The molecule has 0 bridgehead atoms. The van der Waals surface area contributed by atoms with Gasteiger partial charge in [0.1, 0.15) is 5.76 Å². The van der Waals surface area contributed by atoms with Gasteiger partial charge in [-0.1, -0.05) is 12.1 Å². The van der Waals surface area contributed by atoms with Gasteiger partial charge in [0.2, 0.25) is 5.91 Å². The van der Waals surface area contributed by atoms with E-state index in [-0.39, 0.29) is 23.6 Å². The number of furan rings is 1. The van der Waals surface area contributed by atoms with E-state index in [0.717, 1.165) is 10.6 Å². The van der Waals surface area contributed by atoms with Gasteiger partial charge in [0.05, 0.1) is 18.0 Å². The van der Waals surface area contributed by atoms with E-state index in [1.807, 2.05) is 38.1 Å². The first-order valence-electron chi connectivity index (χ1n) is 7.46. The average molecular weight is 330 g/mol. The molecule has 6 heteroatoms. The molecule has 2 amide bonds. The maximum absolute atomic E-state index is 12.2. The molecule has 23 heavy (non-hydrogen) atoms. The molecule has 3 rings (SSSR count). The molecule has 1 aliphatic rings. The van der Waals surface area contributed by atoms with Crippen molar-refractivity contribution >= 4 is 29.3 Å². The molecule has 0 aliphatic carbocycles. The van der Waals surface area contributed by atoms with Gasteiger partial charge in [-0.2, -0.15) is 0 Å². The summed E-state index contributed by atoms with van der Waals surface area (Å²) in [7, 11) is 0. The molecule has 0 atom stereocenters. The van der Waals surface area contributed by atoms with Crippen molar-refractivity contribution in [2.24, 2.45) is 0 Å². The molecule has 0 unspecified atom stereocenters. The lowest BCUT2D eigenvalue weighted by Crippen LogP contribution is -2.34. The third-order valence-corrected chi connectivity index (χ3v) is 4.47. The Morgan fingerprint density at radius 2 is 2.09 bits per heavy atom. The van der Waals surface area contributed by atoms with Gasteiger partial charge in [-0.25, -0.2) is 0 Å². The zero-order valence-corrected chi connectivity index (χ0v) is 13.9. The standard InChI is InChI=1S/C17H18N2O3S/c1-11(2)18-17(21)14-8-7-12(22-14)9-19-13-5-3-4-6-15(13)23-10-16(19)20/h3-8,11H,9-10H2,1-2H3,(H,18,21). The molecule has 1 aromatic carbocycles. The van der Waals surface area contributed by atoms with E-state index in [9.17, 15) is 9.59 Å². The fourth-order valence-electron chi connectivity index (χ4n) is 2.40. The second kappa shape index (κ2) is 6.50. The smallest absolute Gasteiger partial charge is 0.287 e. The van der Waals surface area contributed by atoms with Crippen LogP contribution in [0.2, 0.25) is 0 Å². The predicted octanol–water partition coefficient (Wildman–Crippen LogP) is 3.06. The van der Waals surface area contributed by atoms with Gasteiger partial charge in [0.15, 0.2) is 5.76 Å². The van der Waals surface area contributed by atoms with Crippen LogP contribution in [0.25, 0.3) is 0 Å². The first-order valence-corrected chi connectivity index (χ1v) is 8.45. The molecule has 0 fully saturated rings. The molecule has 0 saturated heterocycles. The lowest BCUT2D eigenvalue weighted by Gasteiger charge is -2.28. The minimum Gasteiger partial charge on any atom is -0.454 e. The molecule has 1 aromatic heterocycles. The summed E-state index contributed by atoms with van der Waals surface area (Å²) >= 11 is 1.54. The van der Waals surface area contributed by atoms with Gasteiger partial charge in [-0.3, -0.25) is 9.59 Å². The summed E-state index contributed by atoms with van der Waals surface area (Å²) in [5.41, 5.74) is 0.887. The quantitative estimate of drug-likeness (QED) is 0.936. The minimum atomic E-state index is -0.243. The van der Waals surface area contributed by atoms with E-state index in [1.54, 1.807) is 28.8 Å². The molecule has 2 heterocycles. The maximum Gasteiger partial charge on any atom is 0.287 e. The highest BCUT2D eigenvalue weighted by Crippen LogP contribution is 2.35. The number of carbonyl (C=O) groups is 2. The highest BCUT2D eigenvalue weighted by atomic mass is 32.2. The van der Waals surface area contributed by atoms with Crippen LogP contribution in [0.15, 0.2) is 45.7 Å². The number of amides is 2. The Morgan fingerprint density at radius 3 is 2.87 bits per heavy atom. The molecule has 120 valence electrons. The number of hydrogen-bond acceptors (Lipinski definition) is 4. The molecule has 0 radical (unpaired) electrons. The normalized spacial score (nSPS) is 14.0. The fraction of sp³-hybridized carbons (Fsp3) is 0.294. The summed E-state index contributed by atoms with van der Waals surface area (Å²) in [6.07, 6.45) is 0. The predicted molar refractivity (Wildman–Crippen MR) is 89.7 cm³/mol. The number of thioether (sulfide) groups is 1. The summed E-state index contributed by atoms with van der Waals surface area (Å²) in [5.74, 6) is 1.07. The molecule has 1 N–H and O–H groups in total. The second-order valence-electron chi connectivity index (χ2n) is 5.63. The van der Waals surface area contributed by atoms with Gasteiger partial charge in [0.25, 0.3) is 5.91 Å². The van der Waals surface area contributed by atoms with Crippen LogP contribution in [0.1, 0.15) is 30.2 Å². The first-order chi connectivity index (χ1) is 11.0. The summed E-state index contributed by atoms with van der Waals surface area (Å²) in [5, 5.41) is 2.78. The summed E-state index contributed by atoms with van der Waals surface area (Å²) < 4.78 is 5.60. The van der Waals surface area contributed by atoms with Crippen LogP contribution in [0.4, 0.5) is 5.69 Å². The Morgan fingerprint density at radius 1 is 1.30 bits per heavy atom. The van der Waals surface area contributed by atoms with Crippen LogP contribution in [-0.4, -0.2) is 23.6 Å². The van der Waals surface area contributed by atoms with Crippen molar-refractivity contribution in [1.29, 1.82) is 0 Å². The Hall–Kier alpha value is -2.21. The topological polar surface area (TPSA) is 62.6 Å². The van der Waals surface area contributed by atoms with Gasteiger partial charge in [0, 0.05) is 10.9 Å². The van der Waals surface area contributed by atoms with Crippen LogP contribution < -0.4 is 10.2 Å². The lowest BCUT2D eigenvalue weighted by molar-refractivity contribution is -0.116. The van der Waals surface area contributed by atoms with Gasteiger partial charge < -0.3 is 14.6 Å². The van der Waals surface area contributed by atoms with Crippen molar-refractivity contribution in [3.8, 4) is 0 Å². The molecule has 0 spiro atoms. The van der Waals surface area contributed by atoms with Crippen molar-refractivity contribution in [1.82, 2.24) is 5.32 Å². The van der Waals surface area contributed by atoms with Crippen LogP contribution in [0.3, 0.4) is 0 Å². The van der Waals surface area contributed by atoms with Crippen molar-refractivity contribution in [3.63, 3.8) is 0 Å². The highest BCUT2D eigenvalue weighted by Gasteiger charge is 2.25. The van der Waals surface area contributed by atoms with Crippen molar-refractivity contribution in [2.45, 2.75) is 31.3 Å². The third-order valence-electron chi connectivity index (χ3n) is 3.43. The molecule has 1 aliphatic heterocycles. The van der Waals surface area contributed by atoms with Crippen LogP contribution in [-0.2, 0) is 11.3 Å². The number of benzene rings is 1. The third kappa shape index (κ3) is 3.42. The SMILES string of the molecule is CC(C)NC(=O)c1ccc(CN2C(=O)CSc3ccccc32)o1. The van der Waals surface area contributed by atoms with Gasteiger partial charge in [-0.05, 0) is 38.1 Å². The Balaban J connectivity index is 1.79. The first kappa shape index (κ1) is 15.7. The van der Waals surface area contributed by atoms with E-state index >= 15 is 0 Å². The lowest BCUT2D eigenvalue weighted by atomic mass is 10.2. The Kier molecular flexibility index (Phi) is 4.43. The van der Waals surface area contributed by atoms with Crippen molar-refractivity contribution < 1.29 is 14.0 Å². The maximum atomic E-state index is 12.2. The van der Waals surface area contributed by atoms with E-state index in [1.165, 1.54) is 0 Å². The molecule has 0 saturated carbocycles. The van der Waals surface area contributed by atoms with E-state index in [2.05, 4.69) is 5.32 Å². The number of rotatable bonds is 4. The van der Waals surface area contributed by atoms with E-state index in [0.29, 0.717) is 18.1 Å². The van der Waals surface area contributed by atoms with Crippen LogP contribution in [0.5, 0.6) is 0 Å². The van der Waals surface area contributed by atoms with Gasteiger partial charge in [-0.15, -0.1) is 11.8 Å². The zero-order valence-electron chi connectivity index (χ0n) is 13.0. The van der Waals surface area contributed by atoms with Crippen LogP contribution in [0, 0.1) is 0 Å².